The minimum atomic E-state index is 0.352. The lowest BCUT2D eigenvalue weighted by molar-refractivity contribution is 1.25. The standard InChI is InChI=1S/C39H28N4/c1-3-4-9-34(40)37-13-7-11-35(42-37)26-16-19-28-29-20-17-27(36-12-8-14-39(43-36)38-10-5-6-21-41-38)24-33(29)31-22-25(2)15-18-30(31)32(28)23-26/h3-24,40H,1H2,2H3/b9-4-,40-34?. The van der Waals surface area contributed by atoms with Gasteiger partial charge < -0.3 is 0 Å². The van der Waals surface area contributed by atoms with Gasteiger partial charge in [-0.2, -0.15) is 0 Å². The maximum atomic E-state index is 8.37. The molecule has 43 heavy (non-hydrogen) atoms. The Balaban J connectivity index is 1.39. The molecule has 1 N–H and O–H groups in total. The van der Waals surface area contributed by atoms with Gasteiger partial charge in [-0.25, -0.2) is 9.97 Å². The number of fused-ring (bicyclic) bond motifs is 6. The molecule has 0 aliphatic heterocycles. The molecule has 0 aliphatic carbocycles. The Bertz CT molecular complexity index is 2230. The molecule has 0 saturated heterocycles. The Morgan fingerprint density at radius 1 is 0.605 bits per heavy atom. The zero-order valence-corrected chi connectivity index (χ0v) is 23.8. The van der Waals surface area contributed by atoms with Crippen LogP contribution in [0.25, 0.3) is 66.2 Å². The summed E-state index contributed by atoms with van der Waals surface area (Å²) in [5.74, 6) is 0. The number of nitrogens with zero attached hydrogens (tertiary/aromatic N) is 3. The van der Waals surface area contributed by atoms with Gasteiger partial charge in [0.05, 0.1) is 34.2 Å². The minimum absolute atomic E-state index is 0.352. The van der Waals surface area contributed by atoms with E-state index in [1.165, 1.54) is 37.9 Å². The van der Waals surface area contributed by atoms with Crippen molar-refractivity contribution in [2.24, 2.45) is 0 Å². The lowest BCUT2D eigenvalue weighted by atomic mass is 9.90. The molecule has 204 valence electrons. The number of aromatic nitrogens is 3. The summed E-state index contributed by atoms with van der Waals surface area (Å²) < 4.78 is 0. The molecule has 0 radical (unpaired) electrons. The van der Waals surface area contributed by atoms with Gasteiger partial charge >= 0.3 is 0 Å². The van der Waals surface area contributed by atoms with Crippen molar-refractivity contribution in [1.82, 2.24) is 15.0 Å². The summed E-state index contributed by atoms with van der Waals surface area (Å²) in [5.41, 5.74) is 7.75. The second kappa shape index (κ2) is 10.9. The van der Waals surface area contributed by atoms with Crippen LogP contribution in [-0.2, 0) is 0 Å². The van der Waals surface area contributed by atoms with Crippen molar-refractivity contribution in [3.05, 3.63) is 151 Å². The highest BCUT2D eigenvalue weighted by atomic mass is 14.8. The normalized spacial score (nSPS) is 11.5. The number of nitrogens with one attached hydrogen (secondary N) is 1. The first-order chi connectivity index (χ1) is 21.1. The van der Waals surface area contributed by atoms with E-state index in [1.54, 1.807) is 24.4 Å². The Morgan fingerprint density at radius 2 is 1.21 bits per heavy atom. The van der Waals surface area contributed by atoms with Crippen LogP contribution < -0.4 is 0 Å². The smallest absolute Gasteiger partial charge is 0.0893 e. The van der Waals surface area contributed by atoms with E-state index in [2.05, 4.69) is 79.2 Å². The van der Waals surface area contributed by atoms with E-state index in [0.717, 1.165) is 33.9 Å². The first-order valence-corrected chi connectivity index (χ1v) is 14.2. The second-order valence-electron chi connectivity index (χ2n) is 10.6. The number of hydrogen-bond donors (Lipinski definition) is 1. The van der Waals surface area contributed by atoms with Crippen molar-refractivity contribution in [3.63, 3.8) is 0 Å². The van der Waals surface area contributed by atoms with Crippen LogP contribution in [0.5, 0.6) is 0 Å². The molecule has 7 aromatic rings. The summed E-state index contributed by atoms with van der Waals surface area (Å²) in [6, 6.07) is 37.7. The average molecular weight is 553 g/mol. The highest BCUT2D eigenvalue weighted by molar-refractivity contribution is 6.26. The fraction of sp³-hybridized carbons (Fsp3) is 0.0256. The van der Waals surface area contributed by atoms with Crippen LogP contribution in [0.4, 0.5) is 0 Å². The fourth-order valence-electron chi connectivity index (χ4n) is 5.69. The van der Waals surface area contributed by atoms with Crippen LogP contribution in [0.15, 0.2) is 140 Å². The Kier molecular flexibility index (Phi) is 6.65. The minimum Gasteiger partial charge on any atom is -0.299 e. The molecule has 0 unspecified atom stereocenters. The number of rotatable bonds is 6. The molecular formula is C39H28N4. The summed E-state index contributed by atoms with van der Waals surface area (Å²) in [5, 5.41) is 15.5. The Labute approximate surface area is 250 Å². The molecule has 0 bridgehead atoms. The predicted molar refractivity (Wildman–Crippen MR) is 180 cm³/mol. The number of hydrogen-bond acceptors (Lipinski definition) is 4. The van der Waals surface area contributed by atoms with Crippen molar-refractivity contribution < 1.29 is 0 Å². The molecular weight excluding hydrogens is 524 g/mol. The monoisotopic (exact) mass is 552 g/mol. The van der Waals surface area contributed by atoms with Crippen molar-refractivity contribution in [1.29, 1.82) is 5.41 Å². The van der Waals surface area contributed by atoms with Crippen molar-refractivity contribution >= 4 is 38.0 Å². The molecule has 0 atom stereocenters. The molecule has 3 aromatic heterocycles. The van der Waals surface area contributed by atoms with E-state index < -0.39 is 0 Å². The van der Waals surface area contributed by atoms with Crippen molar-refractivity contribution in [2.75, 3.05) is 0 Å². The topological polar surface area (TPSA) is 62.5 Å². The molecule has 4 aromatic carbocycles. The number of aryl methyl sites for hydroxylation is 1. The molecule has 0 amide bonds. The highest BCUT2D eigenvalue weighted by Gasteiger charge is 2.13. The molecule has 4 nitrogen and oxygen atoms in total. The lowest BCUT2D eigenvalue weighted by Gasteiger charge is -2.14. The molecule has 0 spiro atoms. The second-order valence-corrected chi connectivity index (χ2v) is 10.6. The summed E-state index contributed by atoms with van der Waals surface area (Å²) in [6.07, 6.45) is 6.92. The zero-order valence-electron chi connectivity index (χ0n) is 23.8. The Morgan fingerprint density at radius 3 is 1.93 bits per heavy atom. The fourth-order valence-corrected chi connectivity index (χ4v) is 5.69. The zero-order chi connectivity index (χ0) is 29.3. The summed E-state index contributed by atoms with van der Waals surface area (Å²) >= 11 is 0. The SMILES string of the molecule is C=C/C=C\C(=N)c1cccc(-c2ccc3c4ccc(-c5cccc(-c6ccccn6)n5)cc4c4cc(C)ccc4c3c2)n1. The third-order valence-corrected chi connectivity index (χ3v) is 7.78. The maximum absolute atomic E-state index is 8.37. The van der Waals surface area contributed by atoms with Gasteiger partial charge in [0.15, 0.2) is 0 Å². The van der Waals surface area contributed by atoms with E-state index in [4.69, 9.17) is 15.4 Å². The largest absolute Gasteiger partial charge is 0.299 e. The third-order valence-electron chi connectivity index (χ3n) is 7.78. The summed E-state index contributed by atoms with van der Waals surface area (Å²) in [4.78, 5) is 14.3. The van der Waals surface area contributed by atoms with Gasteiger partial charge in [-0.05, 0) is 93.8 Å². The lowest BCUT2D eigenvalue weighted by Crippen LogP contribution is -1.99. The van der Waals surface area contributed by atoms with E-state index in [9.17, 15) is 0 Å². The van der Waals surface area contributed by atoms with Crippen LogP contribution in [0.3, 0.4) is 0 Å². The maximum Gasteiger partial charge on any atom is 0.0893 e. The van der Waals surface area contributed by atoms with Gasteiger partial charge in [-0.15, -0.1) is 0 Å². The van der Waals surface area contributed by atoms with Crippen LogP contribution in [0.2, 0.25) is 0 Å². The van der Waals surface area contributed by atoms with Crippen LogP contribution in [0, 0.1) is 12.3 Å². The van der Waals surface area contributed by atoms with Crippen molar-refractivity contribution in [3.8, 4) is 33.9 Å². The van der Waals surface area contributed by atoms with Gasteiger partial charge in [0.2, 0.25) is 0 Å². The highest BCUT2D eigenvalue weighted by Crippen LogP contribution is 2.39. The molecule has 7 rings (SSSR count). The first kappa shape index (κ1) is 26.2. The quantitative estimate of drug-likeness (QED) is 0.127. The molecule has 0 aliphatic rings. The van der Waals surface area contributed by atoms with Gasteiger partial charge in [0, 0.05) is 17.3 Å². The number of pyridine rings is 3. The van der Waals surface area contributed by atoms with Gasteiger partial charge in [-0.3, -0.25) is 10.4 Å². The Hall–Kier alpha value is -5.74. The number of allylic oxidation sites excluding steroid dienone is 3. The number of benzene rings is 4. The summed E-state index contributed by atoms with van der Waals surface area (Å²) in [7, 11) is 0. The third kappa shape index (κ3) is 4.89. The first-order valence-electron chi connectivity index (χ1n) is 14.2. The van der Waals surface area contributed by atoms with Crippen molar-refractivity contribution in [2.45, 2.75) is 6.92 Å². The van der Waals surface area contributed by atoms with E-state index >= 15 is 0 Å². The molecule has 0 fully saturated rings. The average Bonchev–Trinajstić information content (AvgIpc) is 3.07. The van der Waals surface area contributed by atoms with Gasteiger partial charge in [0.1, 0.15) is 0 Å². The van der Waals surface area contributed by atoms with E-state index in [1.807, 2.05) is 48.5 Å². The van der Waals surface area contributed by atoms with Crippen LogP contribution in [0.1, 0.15) is 11.3 Å². The van der Waals surface area contributed by atoms with Crippen LogP contribution >= 0.6 is 0 Å². The van der Waals surface area contributed by atoms with Gasteiger partial charge in [-0.1, -0.05) is 85.0 Å². The van der Waals surface area contributed by atoms with E-state index in [0.29, 0.717) is 11.4 Å². The predicted octanol–water partition coefficient (Wildman–Crippen LogP) is 9.75. The molecule has 3 heterocycles. The van der Waals surface area contributed by atoms with E-state index in [-0.39, 0.29) is 0 Å². The van der Waals surface area contributed by atoms with Crippen LogP contribution in [-0.4, -0.2) is 20.7 Å². The molecule has 0 saturated carbocycles. The molecule has 4 heteroatoms. The summed E-state index contributed by atoms with van der Waals surface area (Å²) in [6.45, 7) is 5.84. The van der Waals surface area contributed by atoms with Gasteiger partial charge in [0.25, 0.3) is 0 Å².